The van der Waals surface area contributed by atoms with Crippen molar-refractivity contribution in [2.75, 3.05) is 111 Å². The highest BCUT2D eigenvalue weighted by Gasteiger charge is 2.43. The summed E-state index contributed by atoms with van der Waals surface area (Å²) in [5.74, 6) is 3.85. The van der Waals surface area contributed by atoms with E-state index in [0.717, 1.165) is 153 Å². The summed E-state index contributed by atoms with van der Waals surface area (Å²) in [7, 11) is 8.72. The molecule has 4 amide bonds. The monoisotopic (exact) mass is 1460 g/mol. The number of likely N-dealkylation sites (tertiary alicyclic amines) is 2. The van der Waals surface area contributed by atoms with Gasteiger partial charge in [0, 0.05) is 161 Å². The number of hydrogen-bond donors (Lipinski definition) is 5. The number of hydrogen-bond acceptors (Lipinski definition) is 20. The number of likely N-dealkylation sites (N-methyl/N-ethyl adjacent to an activating group) is 2. The molecule has 16 rings (SSSR count). The Hall–Kier alpha value is -8.61. The molecule has 0 radical (unpaired) electrons. The summed E-state index contributed by atoms with van der Waals surface area (Å²) in [6, 6.07) is 7.11. The van der Waals surface area contributed by atoms with Gasteiger partial charge in [0.1, 0.15) is 12.1 Å². The maximum absolute atomic E-state index is 13.4. The number of amides is 4. The first-order valence-electron chi connectivity index (χ1n) is 38.6. The molecule has 7 fully saturated rings. The summed E-state index contributed by atoms with van der Waals surface area (Å²) in [4.78, 5) is 59.8. The van der Waals surface area contributed by atoms with Crippen molar-refractivity contribution in [2.45, 2.75) is 209 Å². The molecule has 4 saturated heterocycles. The van der Waals surface area contributed by atoms with Gasteiger partial charge >= 0.3 is 6.03 Å². The predicted octanol–water partition coefficient (Wildman–Crippen LogP) is 9.46. The average molecular weight is 1460 g/mol. The van der Waals surface area contributed by atoms with Crippen LogP contribution < -0.4 is 16.0 Å². The zero-order valence-corrected chi connectivity index (χ0v) is 63.1. The van der Waals surface area contributed by atoms with E-state index < -0.39 is 0 Å². The zero-order chi connectivity index (χ0) is 73.9. The van der Waals surface area contributed by atoms with Gasteiger partial charge in [0.25, 0.3) is 0 Å². The highest BCUT2D eigenvalue weighted by atomic mass is 16.5. The Morgan fingerprint density at radius 1 is 0.538 bits per heavy atom. The Labute approximate surface area is 619 Å². The van der Waals surface area contributed by atoms with Crippen LogP contribution in [0, 0.1) is 5.92 Å². The maximum atomic E-state index is 13.4. The first-order valence-corrected chi connectivity index (χ1v) is 38.6. The number of aromatic nitrogens is 13. The zero-order valence-electron chi connectivity index (χ0n) is 63.1. The van der Waals surface area contributed by atoms with Crippen molar-refractivity contribution in [2.24, 2.45) is 5.92 Å². The van der Waals surface area contributed by atoms with Gasteiger partial charge in [-0.3, -0.25) is 19.0 Å². The number of nitrogens with zero attached hydrogens (tertiary/aromatic N) is 17. The molecule has 3 aliphatic carbocycles. The molecule has 106 heavy (non-hydrogen) atoms. The summed E-state index contributed by atoms with van der Waals surface area (Å²) >= 11 is 0. The number of rotatable bonds is 20. The Morgan fingerprint density at radius 2 is 0.943 bits per heavy atom. The lowest BCUT2D eigenvalue weighted by atomic mass is 9.81. The van der Waals surface area contributed by atoms with Crippen LogP contribution in [-0.2, 0) is 28.5 Å². The molecule has 2 bridgehead atoms. The van der Waals surface area contributed by atoms with Crippen LogP contribution in [0.2, 0.25) is 0 Å². The molecule has 29 nitrogen and oxygen atoms in total. The van der Waals surface area contributed by atoms with Crippen LogP contribution in [0.5, 0.6) is 0 Å². The van der Waals surface area contributed by atoms with Crippen LogP contribution in [0.15, 0.2) is 67.7 Å². The number of carbonyl (C=O) groups is 3. The van der Waals surface area contributed by atoms with Crippen LogP contribution >= 0.6 is 0 Å². The fourth-order valence-electron chi connectivity index (χ4n) is 17.3. The number of nitrogens with one attached hydrogen (secondary N) is 3. The second-order valence-electron chi connectivity index (χ2n) is 31.1. The molecule has 0 spiro atoms. The van der Waals surface area contributed by atoms with Gasteiger partial charge in [-0.15, -0.1) is 15.3 Å². The first kappa shape index (κ1) is 74.3. The smallest absolute Gasteiger partial charge is 0.320 e. The quantitative estimate of drug-likeness (QED) is 0.0474. The molecule has 5 aliphatic heterocycles. The lowest BCUT2D eigenvalue weighted by molar-refractivity contribution is -0.130. The molecule has 0 aromatic carbocycles. The van der Waals surface area contributed by atoms with Gasteiger partial charge < -0.3 is 64.7 Å². The summed E-state index contributed by atoms with van der Waals surface area (Å²) in [5.41, 5.74) is 12.9. The molecule has 0 unspecified atom stereocenters. The number of methoxy groups -OCH3 is 3. The van der Waals surface area contributed by atoms with E-state index in [9.17, 15) is 24.6 Å². The highest BCUT2D eigenvalue weighted by Crippen LogP contribution is 2.45. The second-order valence-corrected chi connectivity index (χ2v) is 31.1. The normalized spacial score (nSPS) is 25.7. The van der Waals surface area contributed by atoms with Crippen LogP contribution in [0.3, 0.4) is 0 Å². The van der Waals surface area contributed by atoms with E-state index in [1.807, 2.05) is 85.3 Å². The molecule has 29 heteroatoms. The van der Waals surface area contributed by atoms with E-state index in [1.165, 1.54) is 42.5 Å². The van der Waals surface area contributed by atoms with Crippen LogP contribution in [0.1, 0.15) is 189 Å². The van der Waals surface area contributed by atoms with E-state index in [0.29, 0.717) is 81.7 Å². The average Bonchev–Trinajstić information content (AvgIpc) is 1.59. The maximum Gasteiger partial charge on any atom is 0.320 e. The molecule has 8 aliphatic rings. The Balaban J connectivity index is 0.000000134. The minimum absolute atomic E-state index is 0.0751. The van der Waals surface area contributed by atoms with E-state index in [4.69, 9.17) is 39.2 Å². The fraction of sp³-hybridized carbons (Fsp3) is 0.623. The third kappa shape index (κ3) is 16.0. The molecule has 7 atom stereocenters. The van der Waals surface area contributed by atoms with Crippen molar-refractivity contribution in [3.8, 4) is 22.3 Å². The van der Waals surface area contributed by atoms with E-state index in [-0.39, 0.29) is 72.3 Å². The molecule has 8 aromatic rings. The van der Waals surface area contributed by atoms with Crippen molar-refractivity contribution in [1.82, 2.24) is 83.0 Å². The van der Waals surface area contributed by atoms with Gasteiger partial charge in [-0.25, -0.2) is 33.3 Å². The fourth-order valence-corrected chi connectivity index (χ4v) is 17.3. The van der Waals surface area contributed by atoms with Crippen molar-refractivity contribution in [3.63, 3.8) is 0 Å². The number of aliphatic hydroxyl groups excluding tert-OH is 2. The van der Waals surface area contributed by atoms with Crippen LogP contribution in [0.4, 0.5) is 22.6 Å². The minimum Gasteiger partial charge on any atom is -0.393 e. The van der Waals surface area contributed by atoms with E-state index in [2.05, 4.69) is 83.7 Å². The molecular formula is C77H108N20O9. The number of morpholine rings is 1. The summed E-state index contributed by atoms with van der Waals surface area (Å²) in [6.07, 6.45) is 31.4. The summed E-state index contributed by atoms with van der Waals surface area (Å²) in [5, 5.41) is 53.8. The number of carbonyl (C=O) groups excluding carboxylic acids is 3. The first-order chi connectivity index (χ1) is 51.4. The van der Waals surface area contributed by atoms with Gasteiger partial charge in [-0.2, -0.15) is 10.2 Å². The lowest BCUT2D eigenvalue weighted by Crippen LogP contribution is -2.52. The number of fused-ring (bicyclic) bond motifs is 5. The van der Waals surface area contributed by atoms with Crippen molar-refractivity contribution < 1.29 is 43.5 Å². The SMILES string of the molecule is COC[C@H](C)Nc1ncc2c(-c3cnn([C@@H]4CCN(C)C4=O)c3)cc(C3CCC(O)CC3)n2n1.COC[C@H](C)Nc1ncc2c(-c3cnn([C@H]4CCN(C)C4=O)c3)cc(C3CCC(O)CC3)n2n1.COC[C@H](C)Nc1ncc2c(C3=C[C@H]4CC[C@@H](C3)N4C(=O)N3CCOCC3)cc(C3CCC(C)CC3)n2n1. The largest absolute Gasteiger partial charge is 0.393 e. The van der Waals surface area contributed by atoms with Gasteiger partial charge in [0.05, 0.1) is 98.8 Å². The highest BCUT2D eigenvalue weighted by molar-refractivity contribution is 5.86. The van der Waals surface area contributed by atoms with Crippen LogP contribution in [0.25, 0.3) is 44.4 Å². The van der Waals surface area contributed by atoms with Crippen molar-refractivity contribution in [1.29, 1.82) is 0 Å². The topological polar surface area (TPSA) is 304 Å². The standard InChI is InChI=1S/C29H42N6O3.2C24H33N7O3/c1-19-4-6-21(7-5-19)26-16-25(27-17-30-28(32-35(26)27)31-20(2)18-37-3)22-14-23-8-9-24(15-22)34(23)29(36)33-10-12-38-13-11-33;2*1-15(14-34-3)27-24-25-12-22-19(10-21(31(22)28-24)16-4-6-18(32)7-5-16)17-11-26-30(13-17)20-8-9-29(2)23(20)33/h14,16-17,19-21,23-24H,4-13,15,18H2,1-3H3,(H,31,32);2*10-13,15-16,18,20,32H,4-9,14H2,1-3H3,(H,27,28)/t19?,20-,21?,23+,24-;15-,16?,18?,20+;15-,16?,18?,20-/m000/s1. The van der Waals surface area contributed by atoms with Gasteiger partial charge in [-0.05, 0) is 147 Å². The Bertz CT molecular complexity index is 4200. The van der Waals surface area contributed by atoms with Gasteiger partial charge in [-0.1, -0.05) is 25.8 Å². The number of urea groups is 1. The second kappa shape index (κ2) is 32.9. The number of aliphatic hydroxyl groups is 2. The van der Waals surface area contributed by atoms with Crippen molar-refractivity contribution >= 4 is 57.8 Å². The predicted molar refractivity (Wildman–Crippen MR) is 403 cm³/mol. The third-order valence-electron chi connectivity index (χ3n) is 23.2. The lowest BCUT2D eigenvalue weighted by Gasteiger charge is -2.39. The molecule has 13 heterocycles. The molecule has 570 valence electrons. The molecular weight excluding hydrogens is 1350 g/mol. The van der Waals surface area contributed by atoms with E-state index in [1.54, 1.807) is 40.5 Å². The van der Waals surface area contributed by atoms with E-state index >= 15 is 0 Å². The van der Waals surface area contributed by atoms with Gasteiger partial charge in [0.2, 0.25) is 29.7 Å². The Kier molecular flexibility index (Phi) is 23.0. The molecule has 8 aromatic heterocycles. The number of ether oxygens (including phenoxy) is 4. The summed E-state index contributed by atoms with van der Waals surface area (Å²) in [6.45, 7) is 14.3. The van der Waals surface area contributed by atoms with Crippen molar-refractivity contribution in [3.05, 3.63) is 90.3 Å². The van der Waals surface area contributed by atoms with Gasteiger partial charge in [0.15, 0.2) is 0 Å². The summed E-state index contributed by atoms with van der Waals surface area (Å²) < 4.78 is 30.9. The third-order valence-corrected chi connectivity index (χ3v) is 23.2. The van der Waals surface area contributed by atoms with Crippen LogP contribution in [-0.4, -0.2) is 248 Å². The minimum atomic E-state index is -0.249. The number of anilines is 3. The molecule has 3 saturated carbocycles. The molecule has 5 N–H and O–H groups in total. The Morgan fingerprint density at radius 3 is 1.34 bits per heavy atom.